The zero-order chi connectivity index (χ0) is 19.6. The molecule has 1 fully saturated rings. The lowest BCUT2D eigenvalue weighted by Crippen LogP contribution is -2.49. The molecule has 2 aromatic rings. The highest BCUT2D eigenvalue weighted by Gasteiger charge is 2.31. The molecule has 3 heterocycles. The van der Waals surface area contributed by atoms with Crippen LogP contribution in [0.3, 0.4) is 0 Å². The number of hydrogen-bond donors (Lipinski definition) is 1. The Balaban J connectivity index is 1.73. The van der Waals surface area contributed by atoms with E-state index in [9.17, 15) is 8.42 Å². The number of hydrogen-bond acceptors (Lipinski definition) is 7. The first kappa shape index (κ1) is 19.6. The molecule has 0 unspecified atom stereocenters. The third-order valence-electron chi connectivity index (χ3n) is 4.64. The average molecular weight is 394 g/mol. The van der Waals surface area contributed by atoms with Gasteiger partial charge in [0.05, 0.1) is 0 Å². The Morgan fingerprint density at radius 3 is 2.37 bits per heavy atom. The minimum atomic E-state index is -3.57. The highest BCUT2D eigenvalue weighted by molar-refractivity contribution is 7.89. The van der Waals surface area contributed by atoms with Crippen molar-refractivity contribution in [1.29, 1.82) is 0 Å². The summed E-state index contributed by atoms with van der Waals surface area (Å²) in [7, 11) is -3.57. The summed E-state index contributed by atoms with van der Waals surface area (Å²) in [6.45, 7) is 11.1. The summed E-state index contributed by atoms with van der Waals surface area (Å²) in [5.41, 5.74) is 0.881. The third-order valence-corrected chi connectivity index (χ3v) is 6.41. The fraction of sp³-hybridized carbons (Fsp3) is 0.588. The van der Waals surface area contributed by atoms with Gasteiger partial charge in [0.15, 0.2) is 5.03 Å². The van der Waals surface area contributed by atoms with Gasteiger partial charge in [-0.05, 0) is 27.7 Å². The molecule has 2 aromatic heterocycles. The van der Waals surface area contributed by atoms with E-state index < -0.39 is 10.0 Å². The van der Waals surface area contributed by atoms with Crippen LogP contribution in [-0.4, -0.2) is 65.0 Å². The van der Waals surface area contributed by atoms with Gasteiger partial charge in [0.2, 0.25) is 5.95 Å². The molecule has 148 valence electrons. The molecule has 0 atom stereocenters. The maximum Gasteiger partial charge on any atom is 0.262 e. The number of aromatic nitrogens is 4. The molecule has 0 aromatic carbocycles. The van der Waals surface area contributed by atoms with E-state index in [2.05, 4.69) is 25.2 Å². The first-order valence-corrected chi connectivity index (χ1v) is 10.7. The van der Waals surface area contributed by atoms with Crippen molar-refractivity contribution in [1.82, 2.24) is 23.8 Å². The molecular weight excluding hydrogens is 366 g/mol. The maximum atomic E-state index is 12.9. The first-order chi connectivity index (χ1) is 12.8. The van der Waals surface area contributed by atoms with Crippen molar-refractivity contribution in [2.45, 2.75) is 39.3 Å². The fourth-order valence-corrected chi connectivity index (χ4v) is 4.58. The molecule has 0 saturated carbocycles. The summed E-state index contributed by atoms with van der Waals surface area (Å²) in [5.74, 6) is 2.13. The zero-order valence-electron chi connectivity index (χ0n) is 16.3. The summed E-state index contributed by atoms with van der Waals surface area (Å²) in [6, 6.07) is 1.93. The molecule has 0 amide bonds. The Labute approximate surface area is 160 Å². The second-order valence-corrected chi connectivity index (χ2v) is 8.41. The zero-order valence-corrected chi connectivity index (χ0v) is 17.1. The molecule has 0 radical (unpaired) electrons. The minimum absolute atomic E-state index is 0.127. The van der Waals surface area contributed by atoms with Gasteiger partial charge in [0, 0.05) is 57.2 Å². The molecule has 9 nitrogen and oxygen atoms in total. The number of sulfonamides is 1. The van der Waals surface area contributed by atoms with E-state index in [0.717, 1.165) is 18.1 Å². The highest BCUT2D eigenvalue weighted by Crippen LogP contribution is 2.21. The number of imidazole rings is 1. The summed E-state index contributed by atoms with van der Waals surface area (Å²) in [5, 5.41) is 3.26. The SMILES string of the molecule is CCNc1nc(C)cc(N2CCN(S(=O)(=O)c3cn(CC)c(C)n3)CC2)n1. The standard InChI is InChI=1S/C17H27N7O2S/c1-5-18-17-19-13(3)11-15(21-17)23-7-9-24(10-8-23)27(25,26)16-12-22(6-2)14(4)20-16/h11-12H,5-10H2,1-4H3,(H,18,19,21). The number of piperazine rings is 1. The molecule has 1 saturated heterocycles. The summed E-state index contributed by atoms with van der Waals surface area (Å²) >= 11 is 0. The van der Waals surface area contributed by atoms with E-state index in [-0.39, 0.29) is 5.03 Å². The third kappa shape index (κ3) is 4.06. The molecule has 1 N–H and O–H groups in total. The van der Waals surface area contributed by atoms with Gasteiger partial charge in [0.1, 0.15) is 11.6 Å². The molecule has 0 bridgehead atoms. The van der Waals surface area contributed by atoms with Crippen LogP contribution in [0.4, 0.5) is 11.8 Å². The molecule has 10 heteroatoms. The Morgan fingerprint density at radius 2 is 1.78 bits per heavy atom. The quantitative estimate of drug-likeness (QED) is 0.789. The summed E-state index contributed by atoms with van der Waals surface area (Å²) < 4.78 is 29.1. The van der Waals surface area contributed by atoms with Gasteiger partial charge in [-0.1, -0.05) is 0 Å². The lowest BCUT2D eigenvalue weighted by molar-refractivity contribution is 0.382. The van der Waals surface area contributed by atoms with E-state index in [1.54, 1.807) is 6.20 Å². The Morgan fingerprint density at radius 1 is 1.07 bits per heavy atom. The Hall–Kier alpha value is -2.20. The van der Waals surface area contributed by atoms with Gasteiger partial charge in [-0.3, -0.25) is 0 Å². The number of anilines is 2. The van der Waals surface area contributed by atoms with Crippen molar-refractivity contribution in [2.75, 3.05) is 42.9 Å². The van der Waals surface area contributed by atoms with E-state index in [4.69, 9.17) is 0 Å². The molecule has 0 aliphatic carbocycles. The first-order valence-electron chi connectivity index (χ1n) is 9.23. The van der Waals surface area contributed by atoms with Crippen molar-refractivity contribution in [3.05, 3.63) is 23.8 Å². The van der Waals surface area contributed by atoms with Crippen molar-refractivity contribution >= 4 is 21.8 Å². The van der Waals surface area contributed by atoms with E-state index in [1.807, 2.05) is 38.3 Å². The van der Waals surface area contributed by atoms with E-state index in [0.29, 0.717) is 44.5 Å². The molecule has 3 rings (SSSR count). The summed E-state index contributed by atoms with van der Waals surface area (Å²) in [6.07, 6.45) is 1.62. The maximum absolute atomic E-state index is 12.9. The van der Waals surface area contributed by atoms with Crippen LogP contribution in [0.5, 0.6) is 0 Å². The van der Waals surface area contributed by atoms with Crippen LogP contribution in [-0.2, 0) is 16.6 Å². The Bertz CT molecular complexity index is 902. The predicted octanol–water partition coefficient (Wildman–Crippen LogP) is 1.25. The largest absolute Gasteiger partial charge is 0.354 e. The van der Waals surface area contributed by atoms with Crippen LogP contribution in [0.2, 0.25) is 0 Å². The Kier molecular flexibility index (Phi) is 5.66. The van der Waals surface area contributed by atoms with Gasteiger partial charge in [0.25, 0.3) is 10.0 Å². The normalized spacial score (nSPS) is 15.9. The minimum Gasteiger partial charge on any atom is -0.354 e. The topological polar surface area (TPSA) is 96.2 Å². The lowest BCUT2D eigenvalue weighted by Gasteiger charge is -2.34. The van der Waals surface area contributed by atoms with Crippen molar-refractivity contribution in [2.24, 2.45) is 0 Å². The summed E-state index contributed by atoms with van der Waals surface area (Å²) in [4.78, 5) is 15.2. The second-order valence-electron chi connectivity index (χ2n) is 6.52. The van der Waals surface area contributed by atoms with Gasteiger partial charge >= 0.3 is 0 Å². The van der Waals surface area contributed by atoms with Crippen LogP contribution in [0.15, 0.2) is 17.3 Å². The van der Waals surface area contributed by atoms with Crippen molar-refractivity contribution in [3.63, 3.8) is 0 Å². The van der Waals surface area contributed by atoms with Crippen molar-refractivity contribution in [3.8, 4) is 0 Å². The molecule has 1 aliphatic heterocycles. The second kappa shape index (κ2) is 7.81. The lowest BCUT2D eigenvalue weighted by atomic mass is 10.3. The van der Waals surface area contributed by atoms with Gasteiger partial charge in [-0.25, -0.2) is 18.4 Å². The smallest absolute Gasteiger partial charge is 0.262 e. The van der Waals surface area contributed by atoms with Crippen LogP contribution in [0, 0.1) is 13.8 Å². The predicted molar refractivity (Wildman–Crippen MR) is 105 cm³/mol. The van der Waals surface area contributed by atoms with Crippen molar-refractivity contribution < 1.29 is 8.42 Å². The molecule has 1 aliphatic rings. The molecule has 27 heavy (non-hydrogen) atoms. The van der Waals surface area contributed by atoms with E-state index >= 15 is 0 Å². The van der Waals surface area contributed by atoms with Crippen LogP contribution in [0.25, 0.3) is 0 Å². The molecular formula is C17H27N7O2S. The monoisotopic (exact) mass is 393 g/mol. The van der Waals surface area contributed by atoms with Crippen LogP contribution >= 0.6 is 0 Å². The molecule has 0 spiro atoms. The average Bonchev–Trinajstić information content (AvgIpc) is 3.03. The number of aryl methyl sites for hydroxylation is 3. The fourth-order valence-electron chi connectivity index (χ4n) is 3.16. The van der Waals surface area contributed by atoms with Crippen LogP contribution < -0.4 is 10.2 Å². The van der Waals surface area contributed by atoms with Gasteiger partial charge in [-0.15, -0.1) is 0 Å². The number of nitrogens with one attached hydrogen (secondary N) is 1. The van der Waals surface area contributed by atoms with Crippen LogP contribution in [0.1, 0.15) is 25.4 Å². The van der Waals surface area contributed by atoms with Gasteiger partial charge in [-0.2, -0.15) is 9.29 Å². The van der Waals surface area contributed by atoms with Gasteiger partial charge < -0.3 is 14.8 Å². The number of rotatable bonds is 6. The number of nitrogens with zero attached hydrogens (tertiary/aromatic N) is 6. The van der Waals surface area contributed by atoms with E-state index in [1.165, 1.54) is 4.31 Å². The highest BCUT2D eigenvalue weighted by atomic mass is 32.2.